The Morgan fingerprint density at radius 1 is 1.09 bits per heavy atom. The van der Waals surface area contributed by atoms with Gasteiger partial charge in [-0.1, -0.05) is 55.5 Å². The molecule has 0 saturated heterocycles. The van der Waals surface area contributed by atoms with Crippen LogP contribution in [-0.2, 0) is 28.4 Å². The van der Waals surface area contributed by atoms with Crippen molar-refractivity contribution in [2.45, 2.75) is 25.0 Å². The van der Waals surface area contributed by atoms with Gasteiger partial charge in [-0.25, -0.2) is 0 Å². The van der Waals surface area contributed by atoms with Crippen LogP contribution in [0.4, 0.5) is 0 Å². The second kappa shape index (κ2) is 6.67. The van der Waals surface area contributed by atoms with Crippen molar-refractivity contribution in [1.29, 1.82) is 0 Å². The summed E-state index contributed by atoms with van der Waals surface area (Å²) in [6, 6.07) is 16.4. The monoisotopic (exact) mass is 327 g/mol. The van der Waals surface area contributed by atoms with Crippen molar-refractivity contribution >= 4 is 16.7 Å². The Balaban J connectivity index is 2.06. The molecular formula is C19H21NO2S. The molecule has 1 aliphatic rings. The molecule has 2 atom stereocenters. The third-order valence-corrected chi connectivity index (χ3v) is 6.36. The number of primary amides is 1. The summed E-state index contributed by atoms with van der Waals surface area (Å²) in [5, 5.41) is -0.188. The number of nitrogens with two attached hydrogens (primary N) is 1. The normalized spacial score (nSPS) is 16.7. The van der Waals surface area contributed by atoms with Gasteiger partial charge >= 0.3 is 0 Å². The summed E-state index contributed by atoms with van der Waals surface area (Å²) in [5.74, 6) is -0.491. The molecule has 0 radical (unpaired) electrons. The van der Waals surface area contributed by atoms with Crippen LogP contribution in [0.2, 0.25) is 0 Å². The summed E-state index contributed by atoms with van der Waals surface area (Å²) in [4.78, 5) is 11.4. The fourth-order valence-corrected chi connectivity index (χ4v) is 5.06. The number of benzene rings is 2. The summed E-state index contributed by atoms with van der Waals surface area (Å²) in [7, 11) is -1.19. The third kappa shape index (κ3) is 3.22. The number of amides is 1. The lowest BCUT2D eigenvalue weighted by atomic mass is 10.00. The van der Waals surface area contributed by atoms with E-state index in [0.29, 0.717) is 5.75 Å². The molecule has 0 spiro atoms. The van der Waals surface area contributed by atoms with Crippen LogP contribution in [0.25, 0.3) is 0 Å². The molecule has 4 heteroatoms. The van der Waals surface area contributed by atoms with Crippen molar-refractivity contribution < 1.29 is 9.00 Å². The summed E-state index contributed by atoms with van der Waals surface area (Å²) >= 11 is 0. The van der Waals surface area contributed by atoms with Gasteiger partial charge in [-0.2, -0.15) is 0 Å². The molecule has 1 aliphatic carbocycles. The van der Waals surface area contributed by atoms with E-state index in [-0.39, 0.29) is 5.25 Å². The van der Waals surface area contributed by atoms with Crippen LogP contribution in [0.1, 0.15) is 34.4 Å². The zero-order valence-electron chi connectivity index (χ0n) is 13.2. The van der Waals surface area contributed by atoms with E-state index in [1.54, 1.807) is 6.92 Å². The minimum atomic E-state index is -1.19. The molecule has 1 amide bonds. The topological polar surface area (TPSA) is 60.2 Å². The number of carbonyl (C=O) groups excluding carboxylic acids is 1. The summed E-state index contributed by atoms with van der Waals surface area (Å²) in [5.41, 5.74) is 10.1. The number of fused-ring (bicyclic) bond motifs is 2. The maximum absolute atomic E-state index is 13.1. The number of hydrogen-bond donors (Lipinski definition) is 1. The first-order chi connectivity index (χ1) is 11.1. The highest BCUT2D eigenvalue weighted by molar-refractivity contribution is 7.85. The zero-order valence-corrected chi connectivity index (χ0v) is 14.0. The van der Waals surface area contributed by atoms with E-state index < -0.39 is 22.6 Å². The van der Waals surface area contributed by atoms with Crippen LogP contribution in [0, 0.1) is 5.92 Å². The maximum atomic E-state index is 13.1. The molecule has 120 valence electrons. The molecule has 2 aromatic rings. The number of rotatable bonds is 4. The Morgan fingerprint density at radius 3 is 2.04 bits per heavy atom. The maximum Gasteiger partial charge on any atom is 0.221 e. The molecule has 0 heterocycles. The Labute approximate surface area is 139 Å². The first kappa shape index (κ1) is 15.9. The van der Waals surface area contributed by atoms with Crippen LogP contribution >= 0.6 is 0 Å². The van der Waals surface area contributed by atoms with Gasteiger partial charge < -0.3 is 5.73 Å². The zero-order chi connectivity index (χ0) is 16.4. The second-order valence-corrected chi connectivity index (χ2v) is 7.69. The molecule has 3 nitrogen and oxygen atoms in total. The van der Waals surface area contributed by atoms with E-state index >= 15 is 0 Å². The third-order valence-electron chi connectivity index (χ3n) is 4.50. The van der Waals surface area contributed by atoms with Crippen LogP contribution < -0.4 is 5.73 Å². The molecule has 0 aromatic heterocycles. The van der Waals surface area contributed by atoms with Crippen LogP contribution in [0.5, 0.6) is 0 Å². The molecule has 2 N–H and O–H groups in total. The van der Waals surface area contributed by atoms with E-state index in [9.17, 15) is 9.00 Å². The van der Waals surface area contributed by atoms with Crippen molar-refractivity contribution in [2.75, 3.05) is 5.75 Å². The van der Waals surface area contributed by atoms with Gasteiger partial charge in [0.15, 0.2) is 0 Å². The van der Waals surface area contributed by atoms with Gasteiger partial charge in [0.25, 0.3) is 0 Å². The fourth-order valence-electron chi connectivity index (χ4n) is 3.18. The molecule has 0 bridgehead atoms. The average Bonchev–Trinajstić information content (AvgIpc) is 2.71. The SMILES string of the molecule is CC(CS(=O)C1c2ccccc2CCc2ccccc21)C(N)=O. The van der Waals surface area contributed by atoms with Crippen LogP contribution in [-0.4, -0.2) is 15.9 Å². The van der Waals surface area contributed by atoms with E-state index in [2.05, 4.69) is 24.3 Å². The van der Waals surface area contributed by atoms with Crippen molar-refractivity contribution in [3.05, 3.63) is 70.8 Å². The molecule has 0 fully saturated rings. The van der Waals surface area contributed by atoms with Crippen molar-refractivity contribution in [3.8, 4) is 0 Å². The van der Waals surface area contributed by atoms with E-state index in [0.717, 1.165) is 24.0 Å². The van der Waals surface area contributed by atoms with E-state index in [1.165, 1.54) is 11.1 Å². The number of hydrogen-bond acceptors (Lipinski definition) is 2. The Kier molecular flexibility index (Phi) is 4.62. The Hall–Kier alpha value is -1.94. The molecule has 2 aromatic carbocycles. The summed E-state index contributed by atoms with van der Waals surface area (Å²) in [6.45, 7) is 1.74. The Morgan fingerprint density at radius 2 is 1.57 bits per heavy atom. The highest BCUT2D eigenvalue weighted by Gasteiger charge is 2.29. The predicted molar refractivity (Wildman–Crippen MR) is 93.5 cm³/mol. The van der Waals surface area contributed by atoms with Crippen molar-refractivity contribution in [1.82, 2.24) is 0 Å². The van der Waals surface area contributed by atoms with E-state index in [1.807, 2.05) is 24.3 Å². The van der Waals surface area contributed by atoms with Gasteiger partial charge in [0.2, 0.25) is 5.91 Å². The second-order valence-electron chi connectivity index (χ2n) is 6.13. The van der Waals surface area contributed by atoms with Crippen LogP contribution in [0.15, 0.2) is 48.5 Å². The smallest absolute Gasteiger partial charge is 0.221 e. The fraction of sp³-hybridized carbons (Fsp3) is 0.316. The van der Waals surface area contributed by atoms with Gasteiger partial charge in [-0.15, -0.1) is 0 Å². The predicted octanol–water partition coefficient (Wildman–Crippen LogP) is 2.74. The largest absolute Gasteiger partial charge is 0.369 e. The minimum Gasteiger partial charge on any atom is -0.369 e. The number of carbonyl (C=O) groups is 1. The molecular weight excluding hydrogens is 306 g/mol. The standard InChI is InChI=1S/C19H21NO2S/c1-13(19(20)21)12-23(22)18-16-8-4-2-6-14(16)10-11-15-7-3-5-9-17(15)18/h2-9,13,18H,10-12H2,1H3,(H2,20,21). The average molecular weight is 327 g/mol. The molecule has 3 rings (SSSR count). The van der Waals surface area contributed by atoms with Gasteiger partial charge in [0.1, 0.15) is 0 Å². The Bertz CT molecular complexity index is 709. The van der Waals surface area contributed by atoms with Crippen LogP contribution in [0.3, 0.4) is 0 Å². The molecule has 0 saturated carbocycles. The van der Waals surface area contributed by atoms with Gasteiger partial charge in [-0.05, 0) is 35.1 Å². The lowest BCUT2D eigenvalue weighted by Crippen LogP contribution is -2.27. The minimum absolute atomic E-state index is 0.188. The first-order valence-electron chi connectivity index (χ1n) is 7.90. The van der Waals surface area contributed by atoms with E-state index in [4.69, 9.17) is 5.73 Å². The molecule has 23 heavy (non-hydrogen) atoms. The lowest BCUT2D eigenvalue weighted by molar-refractivity contribution is -0.120. The van der Waals surface area contributed by atoms with Gasteiger partial charge in [0, 0.05) is 22.5 Å². The molecule has 0 aliphatic heterocycles. The lowest BCUT2D eigenvalue weighted by Gasteiger charge is -2.21. The summed E-state index contributed by atoms with van der Waals surface area (Å²) in [6.07, 6.45) is 1.90. The highest BCUT2D eigenvalue weighted by atomic mass is 32.2. The summed E-state index contributed by atoms with van der Waals surface area (Å²) < 4.78 is 13.1. The van der Waals surface area contributed by atoms with Gasteiger partial charge in [-0.3, -0.25) is 9.00 Å². The number of aryl methyl sites for hydroxylation is 2. The quantitative estimate of drug-likeness (QED) is 0.938. The van der Waals surface area contributed by atoms with Gasteiger partial charge in [0.05, 0.1) is 5.25 Å². The highest BCUT2D eigenvalue weighted by Crippen LogP contribution is 2.37. The van der Waals surface area contributed by atoms with Crippen molar-refractivity contribution in [2.24, 2.45) is 11.7 Å². The van der Waals surface area contributed by atoms with Crippen molar-refractivity contribution in [3.63, 3.8) is 0 Å². The molecule has 2 unspecified atom stereocenters. The first-order valence-corrected chi connectivity index (χ1v) is 9.28.